The molecule has 0 bridgehead atoms. The average Bonchev–Trinajstić information content (AvgIpc) is 2.47. The van der Waals surface area contributed by atoms with Crippen LogP contribution in [0.4, 0.5) is 0 Å². The Kier molecular flexibility index (Phi) is 9.73. The summed E-state index contributed by atoms with van der Waals surface area (Å²) >= 11 is 0. The molecule has 0 aromatic carbocycles. The van der Waals surface area contributed by atoms with Crippen molar-refractivity contribution in [3.05, 3.63) is 0 Å². The monoisotopic (exact) mass is 282 g/mol. The number of likely N-dealkylation sites (tertiary alicyclic amines) is 1. The van der Waals surface area contributed by atoms with Crippen LogP contribution in [0.2, 0.25) is 0 Å². The lowest BCUT2D eigenvalue weighted by Crippen LogP contribution is -2.44. The van der Waals surface area contributed by atoms with Gasteiger partial charge >= 0.3 is 0 Å². The van der Waals surface area contributed by atoms with Crippen LogP contribution in [0.3, 0.4) is 0 Å². The molecule has 1 N–H and O–H groups in total. The van der Waals surface area contributed by atoms with Gasteiger partial charge in [-0.25, -0.2) is 0 Å². The third kappa shape index (κ3) is 7.28. The summed E-state index contributed by atoms with van der Waals surface area (Å²) in [6, 6.07) is 0.627. The molecular weight excluding hydrogens is 248 g/mol. The van der Waals surface area contributed by atoms with E-state index in [2.05, 4.69) is 24.1 Å². The second-order valence-electron chi connectivity index (χ2n) is 6.08. The van der Waals surface area contributed by atoms with Crippen molar-refractivity contribution in [2.75, 3.05) is 19.6 Å². The van der Waals surface area contributed by atoms with E-state index in [4.69, 9.17) is 0 Å². The van der Waals surface area contributed by atoms with Crippen molar-refractivity contribution in [3.63, 3.8) is 0 Å². The Bertz CT molecular complexity index is 247. The minimum atomic E-state index is 0.383. The molecule has 0 radical (unpaired) electrons. The standard InChI is InChI=1S/C17H34N2O/c1-3-5-6-7-8-9-10-11-17(20)19-14-12-16(13-15-19)18-4-2/h16,18H,3-15H2,1-2H3. The summed E-state index contributed by atoms with van der Waals surface area (Å²) in [5, 5.41) is 3.48. The van der Waals surface area contributed by atoms with Crippen molar-refractivity contribution >= 4 is 5.91 Å². The summed E-state index contributed by atoms with van der Waals surface area (Å²) in [4.78, 5) is 14.2. The van der Waals surface area contributed by atoms with E-state index in [0.29, 0.717) is 11.9 Å². The maximum Gasteiger partial charge on any atom is 0.222 e. The fourth-order valence-electron chi connectivity index (χ4n) is 3.01. The van der Waals surface area contributed by atoms with Crippen molar-refractivity contribution in [2.24, 2.45) is 0 Å². The van der Waals surface area contributed by atoms with E-state index in [-0.39, 0.29) is 0 Å². The van der Waals surface area contributed by atoms with Crippen LogP contribution in [0.1, 0.15) is 78.1 Å². The first kappa shape index (κ1) is 17.5. The molecule has 1 fully saturated rings. The van der Waals surface area contributed by atoms with Crippen molar-refractivity contribution < 1.29 is 4.79 Å². The van der Waals surface area contributed by atoms with Gasteiger partial charge < -0.3 is 10.2 Å². The molecule has 3 nitrogen and oxygen atoms in total. The zero-order chi connectivity index (χ0) is 14.6. The molecule has 1 amide bonds. The Morgan fingerprint density at radius 3 is 2.20 bits per heavy atom. The molecule has 1 aliphatic rings. The van der Waals surface area contributed by atoms with Crippen molar-refractivity contribution in [1.29, 1.82) is 0 Å². The highest BCUT2D eigenvalue weighted by atomic mass is 16.2. The first-order valence-corrected chi connectivity index (χ1v) is 8.79. The number of hydrogen-bond acceptors (Lipinski definition) is 2. The molecule has 0 aromatic rings. The van der Waals surface area contributed by atoms with Gasteiger partial charge in [0.25, 0.3) is 0 Å². The number of amides is 1. The maximum absolute atomic E-state index is 12.1. The van der Waals surface area contributed by atoms with Crippen LogP contribution in [-0.4, -0.2) is 36.5 Å². The summed E-state index contributed by atoms with van der Waals surface area (Å²) in [5.74, 6) is 0.383. The smallest absolute Gasteiger partial charge is 0.222 e. The lowest BCUT2D eigenvalue weighted by Gasteiger charge is -2.32. The molecule has 118 valence electrons. The van der Waals surface area contributed by atoms with Gasteiger partial charge in [0.15, 0.2) is 0 Å². The van der Waals surface area contributed by atoms with Gasteiger partial charge in [-0.2, -0.15) is 0 Å². The number of carbonyl (C=O) groups excluding carboxylic acids is 1. The predicted molar refractivity (Wildman–Crippen MR) is 85.9 cm³/mol. The quantitative estimate of drug-likeness (QED) is 0.619. The summed E-state index contributed by atoms with van der Waals surface area (Å²) in [6.45, 7) is 7.34. The molecule has 1 saturated heterocycles. The average molecular weight is 282 g/mol. The minimum Gasteiger partial charge on any atom is -0.343 e. The Morgan fingerprint density at radius 1 is 1.00 bits per heavy atom. The summed E-state index contributed by atoms with van der Waals surface area (Å²) < 4.78 is 0. The molecule has 0 aliphatic carbocycles. The van der Waals surface area contributed by atoms with Crippen LogP contribution >= 0.6 is 0 Å². The number of nitrogens with zero attached hydrogens (tertiary/aromatic N) is 1. The molecule has 0 spiro atoms. The Labute approximate surface area is 125 Å². The van der Waals surface area contributed by atoms with Crippen LogP contribution < -0.4 is 5.32 Å². The molecular formula is C17H34N2O. The van der Waals surface area contributed by atoms with Gasteiger partial charge in [-0.3, -0.25) is 4.79 Å². The van der Waals surface area contributed by atoms with Crippen LogP contribution in [0, 0.1) is 0 Å². The third-order valence-corrected chi connectivity index (χ3v) is 4.33. The summed E-state index contributed by atoms with van der Waals surface area (Å²) in [6.07, 6.45) is 12.0. The van der Waals surface area contributed by atoms with Crippen molar-refractivity contribution in [3.8, 4) is 0 Å². The lowest BCUT2D eigenvalue weighted by molar-refractivity contribution is -0.132. The van der Waals surface area contributed by atoms with Crippen LogP contribution in [0.25, 0.3) is 0 Å². The highest BCUT2D eigenvalue weighted by molar-refractivity contribution is 5.76. The molecule has 1 rings (SSSR count). The maximum atomic E-state index is 12.1. The minimum absolute atomic E-state index is 0.383. The first-order valence-electron chi connectivity index (χ1n) is 8.79. The number of rotatable bonds is 10. The molecule has 1 heterocycles. The summed E-state index contributed by atoms with van der Waals surface area (Å²) in [7, 11) is 0. The Morgan fingerprint density at radius 2 is 1.60 bits per heavy atom. The zero-order valence-electron chi connectivity index (χ0n) is 13.6. The summed E-state index contributed by atoms with van der Waals surface area (Å²) in [5.41, 5.74) is 0. The topological polar surface area (TPSA) is 32.3 Å². The lowest BCUT2D eigenvalue weighted by atomic mass is 10.0. The van der Waals surface area contributed by atoms with E-state index >= 15 is 0 Å². The van der Waals surface area contributed by atoms with E-state index in [1.165, 1.54) is 38.5 Å². The molecule has 0 atom stereocenters. The normalized spacial score (nSPS) is 16.6. The molecule has 20 heavy (non-hydrogen) atoms. The van der Waals surface area contributed by atoms with E-state index < -0.39 is 0 Å². The number of carbonyl (C=O) groups is 1. The Balaban J connectivity index is 2.00. The number of piperidine rings is 1. The predicted octanol–water partition coefficient (Wildman–Crippen LogP) is 3.73. The fraction of sp³-hybridized carbons (Fsp3) is 0.941. The van der Waals surface area contributed by atoms with E-state index in [9.17, 15) is 4.79 Å². The number of hydrogen-bond donors (Lipinski definition) is 1. The molecule has 0 unspecified atom stereocenters. The number of nitrogens with one attached hydrogen (secondary N) is 1. The van der Waals surface area contributed by atoms with Gasteiger partial charge in [0.1, 0.15) is 0 Å². The highest BCUT2D eigenvalue weighted by Gasteiger charge is 2.21. The molecule has 1 aliphatic heterocycles. The SMILES string of the molecule is CCCCCCCCCC(=O)N1CCC(NCC)CC1. The van der Waals surface area contributed by atoms with Crippen LogP contribution in [0.5, 0.6) is 0 Å². The van der Waals surface area contributed by atoms with Gasteiger partial charge in [0.2, 0.25) is 5.91 Å². The van der Waals surface area contributed by atoms with Gasteiger partial charge in [-0.05, 0) is 25.8 Å². The van der Waals surface area contributed by atoms with Crippen LogP contribution in [-0.2, 0) is 4.79 Å². The highest BCUT2D eigenvalue weighted by Crippen LogP contribution is 2.14. The van der Waals surface area contributed by atoms with E-state index in [1.54, 1.807) is 0 Å². The van der Waals surface area contributed by atoms with Crippen molar-refractivity contribution in [1.82, 2.24) is 10.2 Å². The first-order chi connectivity index (χ1) is 9.77. The third-order valence-electron chi connectivity index (χ3n) is 4.33. The fourth-order valence-corrected chi connectivity index (χ4v) is 3.01. The Hall–Kier alpha value is -0.570. The molecule has 0 saturated carbocycles. The molecule has 0 aromatic heterocycles. The van der Waals surface area contributed by atoms with E-state index in [1.807, 2.05) is 0 Å². The van der Waals surface area contributed by atoms with Gasteiger partial charge in [0.05, 0.1) is 0 Å². The van der Waals surface area contributed by atoms with Crippen molar-refractivity contribution in [2.45, 2.75) is 84.1 Å². The van der Waals surface area contributed by atoms with E-state index in [0.717, 1.165) is 45.3 Å². The second-order valence-corrected chi connectivity index (χ2v) is 6.08. The zero-order valence-corrected chi connectivity index (χ0v) is 13.6. The van der Waals surface area contributed by atoms with Gasteiger partial charge in [-0.15, -0.1) is 0 Å². The largest absolute Gasteiger partial charge is 0.343 e. The van der Waals surface area contributed by atoms with Gasteiger partial charge in [0, 0.05) is 25.6 Å². The number of unbranched alkanes of at least 4 members (excludes halogenated alkanes) is 6. The van der Waals surface area contributed by atoms with Crippen LogP contribution in [0.15, 0.2) is 0 Å². The molecule has 3 heteroatoms. The second kappa shape index (κ2) is 11.1. The van der Waals surface area contributed by atoms with Gasteiger partial charge in [-0.1, -0.05) is 52.4 Å².